The van der Waals surface area contributed by atoms with E-state index in [0.717, 1.165) is 35.4 Å². The van der Waals surface area contributed by atoms with Gasteiger partial charge in [-0.2, -0.15) is 10.1 Å². The van der Waals surface area contributed by atoms with E-state index in [1.807, 2.05) is 84.9 Å². The molecule has 5 heteroatoms. The highest BCUT2D eigenvalue weighted by Gasteiger charge is 2.30. The summed E-state index contributed by atoms with van der Waals surface area (Å²) in [6, 6.07) is 24.8. The highest BCUT2D eigenvalue weighted by molar-refractivity contribution is 6.33. The van der Waals surface area contributed by atoms with Crippen LogP contribution in [0.1, 0.15) is 30.9 Å². The van der Waals surface area contributed by atoms with Gasteiger partial charge in [-0.3, -0.25) is 4.79 Å². The molecule has 0 spiro atoms. The highest BCUT2D eigenvalue weighted by Crippen LogP contribution is 2.29. The van der Waals surface area contributed by atoms with Crippen LogP contribution in [0, 0.1) is 0 Å². The van der Waals surface area contributed by atoms with Crippen molar-refractivity contribution in [1.29, 1.82) is 0 Å². The molecule has 1 heterocycles. The summed E-state index contributed by atoms with van der Waals surface area (Å²) in [6.45, 7) is 2.43. The van der Waals surface area contributed by atoms with Crippen molar-refractivity contribution < 1.29 is 9.53 Å². The van der Waals surface area contributed by atoms with Crippen molar-refractivity contribution >= 4 is 35.0 Å². The lowest BCUT2D eigenvalue weighted by Gasteiger charge is -2.12. The first kappa shape index (κ1) is 20.9. The molecule has 0 saturated carbocycles. The zero-order valence-electron chi connectivity index (χ0n) is 17.3. The molecule has 31 heavy (non-hydrogen) atoms. The Bertz CT molecular complexity index is 1140. The van der Waals surface area contributed by atoms with Crippen molar-refractivity contribution in [2.45, 2.75) is 26.4 Å². The number of rotatable bonds is 7. The Morgan fingerprint density at radius 1 is 0.968 bits per heavy atom. The van der Waals surface area contributed by atoms with Gasteiger partial charge in [-0.15, -0.1) is 0 Å². The molecular weight excluding hydrogens is 408 g/mol. The van der Waals surface area contributed by atoms with Crippen molar-refractivity contribution in [1.82, 2.24) is 0 Å². The summed E-state index contributed by atoms with van der Waals surface area (Å²) < 4.78 is 6.06. The number of amides is 1. The van der Waals surface area contributed by atoms with Gasteiger partial charge in [0.1, 0.15) is 12.4 Å². The molecule has 0 atom stereocenters. The minimum atomic E-state index is -0.129. The molecule has 4 nitrogen and oxygen atoms in total. The van der Waals surface area contributed by atoms with Crippen LogP contribution in [0.2, 0.25) is 5.02 Å². The summed E-state index contributed by atoms with van der Waals surface area (Å²) >= 11 is 6.26. The van der Waals surface area contributed by atoms with Gasteiger partial charge in [-0.05, 0) is 36.8 Å². The lowest BCUT2D eigenvalue weighted by Crippen LogP contribution is -2.21. The topological polar surface area (TPSA) is 41.9 Å². The van der Waals surface area contributed by atoms with E-state index in [0.29, 0.717) is 23.0 Å². The first-order valence-electron chi connectivity index (χ1n) is 10.3. The summed E-state index contributed by atoms with van der Waals surface area (Å²) in [5, 5.41) is 6.76. The number of carbonyl (C=O) groups excluding carboxylic acids is 1. The summed E-state index contributed by atoms with van der Waals surface area (Å²) in [6.07, 6.45) is 3.50. The Morgan fingerprint density at radius 2 is 1.68 bits per heavy atom. The molecule has 0 aromatic heterocycles. The molecule has 0 saturated heterocycles. The second kappa shape index (κ2) is 9.63. The van der Waals surface area contributed by atoms with E-state index in [9.17, 15) is 4.79 Å². The molecule has 156 valence electrons. The van der Waals surface area contributed by atoms with Crippen LogP contribution in [0.5, 0.6) is 5.75 Å². The molecule has 1 amide bonds. The maximum absolute atomic E-state index is 13.2. The number of hydrogen-bond acceptors (Lipinski definition) is 3. The van der Waals surface area contributed by atoms with Gasteiger partial charge in [0.2, 0.25) is 0 Å². The van der Waals surface area contributed by atoms with Crippen LogP contribution in [0.3, 0.4) is 0 Å². The fourth-order valence-electron chi connectivity index (χ4n) is 3.43. The number of carbonyl (C=O) groups is 1. The Balaban J connectivity index is 1.64. The summed E-state index contributed by atoms with van der Waals surface area (Å²) in [7, 11) is 0. The smallest absolute Gasteiger partial charge is 0.280 e. The molecule has 1 aliphatic rings. The largest absolute Gasteiger partial charge is 0.488 e. The van der Waals surface area contributed by atoms with Crippen molar-refractivity contribution in [3.63, 3.8) is 0 Å². The molecule has 0 unspecified atom stereocenters. The molecule has 0 fully saturated rings. The Hall–Kier alpha value is -3.37. The third-order valence-corrected chi connectivity index (χ3v) is 5.37. The van der Waals surface area contributed by atoms with Gasteiger partial charge in [-0.25, -0.2) is 0 Å². The van der Waals surface area contributed by atoms with E-state index in [2.05, 4.69) is 12.0 Å². The van der Waals surface area contributed by atoms with Gasteiger partial charge in [0, 0.05) is 16.1 Å². The first-order valence-corrected chi connectivity index (χ1v) is 10.7. The van der Waals surface area contributed by atoms with Gasteiger partial charge < -0.3 is 4.74 Å². The number of hydrogen-bond donors (Lipinski definition) is 0. The lowest BCUT2D eigenvalue weighted by molar-refractivity contribution is -0.114. The van der Waals surface area contributed by atoms with Crippen molar-refractivity contribution in [2.24, 2.45) is 5.10 Å². The van der Waals surface area contributed by atoms with Crippen LogP contribution < -0.4 is 9.75 Å². The molecule has 0 aliphatic carbocycles. The lowest BCUT2D eigenvalue weighted by atomic mass is 10.0. The molecule has 0 bridgehead atoms. The zero-order chi connectivity index (χ0) is 21.6. The number of anilines is 1. The minimum absolute atomic E-state index is 0.129. The van der Waals surface area contributed by atoms with E-state index >= 15 is 0 Å². The van der Waals surface area contributed by atoms with Gasteiger partial charge in [0.15, 0.2) is 0 Å². The molecule has 1 aliphatic heterocycles. The predicted octanol–water partition coefficient (Wildman–Crippen LogP) is 6.51. The fraction of sp³-hybridized carbons (Fsp3) is 0.154. The maximum Gasteiger partial charge on any atom is 0.280 e. The van der Waals surface area contributed by atoms with Crippen LogP contribution >= 0.6 is 11.6 Å². The average Bonchev–Trinajstić information content (AvgIpc) is 3.10. The number of benzene rings is 3. The van der Waals surface area contributed by atoms with E-state index in [-0.39, 0.29) is 5.91 Å². The molecule has 3 aromatic rings. The Kier molecular flexibility index (Phi) is 6.48. The maximum atomic E-state index is 13.2. The van der Waals surface area contributed by atoms with Gasteiger partial charge in [0.25, 0.3) is 5.91 Å². The Morgan fingerprint density at radius 3 is 2.45 bits per heavy atom. The second-order valence-electron chi connectivity index (χ2n) is 7.23. The Labute approximate surface area is 187 Å². The predicted molar refractivity (Wildman–Crippen MR) is 126 cm³/mol. The van der Waals surface area contributed by atoms with E-state index in [1.54, 1.807) is 0 Å². The van der Waals surface area contributed by atoms with Crippen molar-refractivity contribution in [3.05, 3.63) is 101 Å². The van der Waals surface area contributed by atoms with E-state index in [1.165, 1.54) is 5.01 Å². The van der Waals surface area contributed by atoms with Crippen LogP contribution in [-0.4, -0.2) is 11.6 Å². The van der Waals surface area contributed by atoms with Crippen molar-refractivity contribution in [3.8, 4) is 5.75 Å². The molecule has 0 N–H and O–H groups in total. The molecule has 4 rings (SSSR count). The fourth-order valence-corrected chi connectivity index (χ4v) is 3.62. The first-order chi connectivity index (χ1) is 15.2. The third-order valence-electron chi connectivity index (χ3n) is 5.00. The van der Waals surface area contributed by atoms with Gasteiger partial charge in [0.05, 0.1) is 17.0 Å². The van der Waals surface area contributed by atoms with Crippen LogP contribution in [0.4, 0.5) is 5.69 Å². The molecular formula is C26H23ClN2O2. The number of para-hydroxylation sites is 2. The minimum Gasteiger partial charge on any atom is -0.488 e. The summed E-state index contributed by atoms with van der Waals surface area (Å²) in [5.74, 6) is 0.562. The average molecular weight is 431 g/mol. The summed E-state index contributed by atoms with van der Waals surface area (Å²) in [5.41, 5.74) is 3.88. The highest BCUT2D eigenvalue weighted by atomic mass is 35.5. The van der Waals surface area contributed by atoms with Crippen LogP contribution in [0.25, 0.3) is 6.08 Å². The van der Waals surface area contributed by atoms with E-state index in [4.69, 9.17) is 16.3 Å². The quantitative estimate of drug-likeness (QED) is 0.401. The monoisotopic (exact) mass is 430 g/mol. The van der Waals surface area contributed by atoms with Gasteiger partial charge in [-0.1, -0.05) is 79.5 Å². The normalized spacial score (nSPS) is 14.8. The third kappa shape index (κ3) is 4.70. The number of nitrogens with zero attached hydrogens (tertiary/aromatic N) is 2. The number of halogens is 1. The van der Waals surface area contributed by atoms with Gasteiger partial charge >= 0.3 is 0 Å². The number of ether oxygens (including phenoxy) is 1. The molecule has 0 radical (unpaired) electrons. The zero-order valence-corrected chi connectivity index (χ0v) is 18.0. The van der Waals surface area contributed by atoms with E-state index < -0.39 is 0 Å². The van der Waals surface area contributed by atoms with Crippen LogP contribution in [0.15, 0.2) is 89.5 Å². The molecule has 3 aromatic carbocycles. The number of hydrazone groups is 1. The SMILES string of the molecule is CCCC1=NN(c2ccccc2)C(=O)/C1=C/c1ccccc1OCc1ccccc1Cl. The summed E-state index contributed by atoms with van der Waals surface area (Å²) in [4.78, 5) is 13.2. The second-order valence-corrected chi connectivity index (χ2v) is 7.63. The van der Waals surface area contributed by atoms with Crippen molar-refractivity contribution in [2.75, 3.05) is 5.01 Å². The van der Waals surface area contributed by atoms with Crippen LogP contribution in [-0.2, 0) is 11.4 Å². The standard InChI is InChI=1S/C26H23ClN2O2/c1-2-10-24-22(26(30)29(28-24)21-13-4-3-5-14-21)17-19-11-7-9-16-25(19)31-18-20-12-6-8-15-23(20)27/h3-9,11-17H,2,10,18H2,1H3/b22-17+.